The predicted molar refractivity (Wildman–Crippen MR) is 315 cm³/mol. The van der Waals surface area contributed by atoms with E-state index >= 15 is 0 Å². The highest BCUT2D eigenvalue weighted by Crippen LogP contribution is 2.40. The van der Waals surface area contributed by atoms with Crippen molar-refractivity contribution >= 4 is 64.5 Å². The monoisotopic (exact) mass is 1300 g/mol. The summed E-state index contributed by atoms with van der Waals surface area (Å²) < 4.78 is 62.7. The molecule has 498 valence electrons. The van der Waals surface area contributed by atoms with Crippen LogP contribution in [-0.2, 0) is 79.9 Å². The summed E-state index contributed by atoms with van der Waals surface area (Å²) in [6, 6.07) is 7.79. The van der Waals surface area contributed by atoms with E-state index in [1.165, 1.54) is 37.4 Å². The van der Waals surface area contributed by atoms with Crippen molar-refractivity contribution in [1.82, 2.24) is 0 Å². The van der Waals surface area contributed by atoms with Gasteiger partial charge >= 0.3 is 35.8 Å². The molecule has 3 aromatic rings. The van der Waals surface area contributed by atoms with Crippen molar-refractivity contribution in [3.8, 4) is 23.0 Å². The van der Waals surface area contributed by atoms with Crippen LogP contribution >= 0.6 is 11.6 Å². The number of hydrogen-bond acceptors (Lipinski definition) is 28. The summed E-state index contributed by atoms with van der Waals surface area (Å²) in [4.78, 5) is 102. The fraction of sp³-hybridized carbons (Fsp3) is 0.483. The number of halogens is 1. The second-order valence-electron chi connectivity index (χ2n) is 17.9. The van der Waals surface area contributed by atoms with Gasteiger partial charge in [-0.05, 0) is 58.2 Å². The quantitative estimate of drug-likeness (QED) is 0.00892. The Morgan fingerprint density at radius 2 is 0.778 bits per heavy atom. The number of benzene rings is 3. The van der Waals surface area contributed by atoms with Crippen molar-refractivity contribution < 1.29 is 121 Å². The summed E-state index contributed by atoms with van der Waals surface area (Å²) in [5.74, 6) is -3.08. The summed E-state index contributed by atoms with van der Waals surface area (Å²) in [5.41, 5.74) is 0.344. The first-order chi connectivity index (χ1) is 43.0. The normalized spacial score (nSPS) is 11.4. The molecule has 90 heavy (non-hydrogen) atoms. The van der Waals surface area contributed by atoms with Gasteiger partial charge in [0.15, 0.2) is 11.5 Å². The highest BCUT2D eigenvalue weighted by atomic mass is 35.5. The molecule has 3 rings (SSSR count). The summed E-state index contributed by atoms with van der Waals surface area (Å²) >= 11 is 5.96. The number of hydrogen-bond donors (Lipinski definition) is 4. The van der Waals surface area contributed by atoms with Crippen LogP contribution in [0.25, 0.3) is 0 Å². The number of carbonyl (C=O) groups excluding carboxylic acids is 6. The number of aliphatic hydroxyl groups excluding tert-OH is 4. The number of rotatable bonds is 42. The van der Waals surface area contributed by atoms with Crippen LogP contribution in [0.2, 0.25) is 0 Å². The molecule has 0 aromatic heterocycles. The molecule has 0 spiro atoms. The Kier molecular flexibility index (Phi) is 39.9. The van der Waals surface area contributed by atoms with Crippen molar-refractivity contribution in [2.75, 3.05) is 93.0 Å². The van der Waals surface area contributed by atoms with Gasteiger partial charge in [0, 0.05) is 54.2 Å². The Morgan fingerprint density at radius 1 is 0.467 bits per heavy atom. The summed E-state index contributed by atoms with van der Waals surface area (Å²) in [7, 11) is 1.35. The number of alkyl halides is 1. The molecule has 0 aliphatic heterocycles. The molecule has 31 nitrogen and oxygen atoms in total. The van der Waals surface area contributed by atoms with Crippen molar-refractivity contribution in [3.63, 3.8) is 0 Å². The third-order valence-corrected chi connectivity index (χ3v) is 11.7. The zero-order chi connectivity index (χ0) is 67.6. The maximum atomic E-state index is 12.0. The van der Waals surface area contributed by atoms with E-state index in [0.29, 0.717) is 5.56 Å². The van der Waals surface area contributed by atoms with Gasteiger partial charge in [-0.3, -0.25) is 44.7 Å². The first kappa shape index (κ1) is 79.2. The number of aliphatic hydroxyl groups is 4. The number of nitro groups is 3. The lowest BCUT2D eigenvalue weighted by Crippen LogP contribution is -2.14. The maximum absolute atomic E-state index is 12.0. The summed E-state index contributed by atoms with van der Waals surface area (Å²) in [6.45, 7) is 12.6. The second-order valence-corrected chi connectivity index (χ2v) is 18.6. The van der Waals surface area contributed by atoms with Crippen molar-refractivity contribution in [2.24, 2.45) is 0 Å². The van der Waals surface area contributed by atoms with Crippen LogP contribution in [0.5, 0.6) is 23.0 Å². The molecule has 32 heteroatoms. The molecule has 0 aliphatic carbocycles. The van der Waals surface area contributed by atoms with Crippen LogP contribution in [0.4, 0.5) is 17.1 Å². The van der Waals surface area contributed by atoms with Gasteiger partial charge in [-0.15, -0.1) is 11.6 Å². The Bertz CT molecular complexity index is 2720. The van der Waals surface area contributed by atoms with E-state index in [9.17, 15) is 69.3 Å². The lowest BCUT2D eigenvalue weighted by atomic mass is 10.0. The molecular weight excluding hydrogens is 1220 g/mol. The predicted octanol–water partition coefficient (Wildman–Crippen LogP) is 6.51. The second kappa shape index (κ2) is 45.4. The fourth-order valence-corrected chi connectivity index (χ4v) is 7.35. The van der Waals surface area contributed by atoms with E-state index in [4.69, 9.17) is 73.9 Å². The van der Waals surface area contributed by atoms with E-state index in [1.54, 1.807) is 20.8 Å². The molecule has 3 atom stereocenters. The van der Waals surface area contributed by atoms with Crippen LogP contribution in [0.3, 0.4) is 0 Å². The van der Waals surface area contributed by atoms with E-state index in [0.717, 1.165) is 24.3 Å². The van der Waals surface area contributed by atoms with Gasteiger partial charge in [0.1, 0.15) is 51.1 Å². The standard InChI is InChI=1S/C38H48N2O18.C18H22ClNO8.C2H6O2/c1-6-35(42)55-16-18-57-37(44)10-8-12-53-32-22-30(39(46)47)28(20-27(32)24-41)25(3)51-14-15-52-26(4)29-21-33(50-5)34(23-31(29)40(48)49)54-13-9-11-38(45)58-19-17-56-36(43)7-2;1-3-17(22)27-7-8-28-18(23)5-4-6-26-16-10-15(20(24)25)14(12(2)19)9-13(16)11-21;3-1-2-4/h6-7,20-23,25-26,41H,1-2,8-19,24H2,3-5H3;3,9-10,12,21H,1,4-8,11H2,2H3;3-4H,1-2H2. The summed E-state index contributed by atoms with van der Waals surface area (Å²) in [6.07, 6.45) is 1.95. The number of esters is 6. The highest BCUT2D eigenvalue weighted by Gasteiger charge is 2.27. The molecule has 3 aromatic carbocycles. The Morgan fingerprint density at radius 3 is 1.09 bits per heavy atom. The molecule has 0 radical (unpaired) electrons. The third-order valence-electron chi connectivity index (χ3n) is 11.5. The van der Waals surface area contributed by atoms with Gasteiger partial charge in [-0.2, -0.15) is 0 Å². The zero-order valence-electron chi connectivity index (χ0n) is 50.2. The molecule has 0 bridgehead atoms. The SMILES string of the molecule is C=CC(=O)OCCOC(=O)CCCOc1cc([N+](=O)[O-])c(C(C)Cl)cc1CO.C=CC(=O)OCCOC(=O)CCCOc1cc([N+](=O)[O-])c(C(C)OCCOC(C)c2cc(OC)c(OCCCC(=O)OCCOC(=O)C=C)cc2[N+](=O)[O-])cc1CO.OCCO. The topological polar surface area (TPSA) is 424 Å². The van der Waals surface area contributed by atoms with Crippen LogP contribution in [-0.4, -0.2) is 164 Å². The molecule has 0 saturated heterocycles. The van der Waals surface area contributed by atoms with Gasteiger partial charge in [0.2, 0.25) is 0 Å². The van der Waals surface area contributed by atoms with Crippen LogP contribution in [0.15, 0.2) is 74.4 Å². The summed E-state index contributed by atoms with van der Waals surface area (Å²) in [5, 5.41) is 69.3. The lowest BCUT2D eigenvalue weighted by molar-refractivity contribution is -0.386. The molecular formula is C58H76ClN3O28. The number of nitro benzene ring substituents is 3. The van der Waals surface area contributed by atoms with Crippen LogP contribution in [0.1, 0.15) is 105 Å². The van der Waals surface area contributed by atoms with E-state index in [-0.39, 0.29) is 193 Å². The average Bonchev–Trinajstić information content (AvgIpc) is 1.75. The molecule has 0 saturated carbocycles. The molecule has 3 unspecified atom stereocenters. The first-order valence-electron chi connectivity index (χ1n) is 27.5. The first-order valence-corrected chi connectivity index (χ1v) is 27.9. The van der Waals surface area contributed by atoms with Gasteiger partial charge in [0.25, 0.3) is 17.1 Å². The van der Waals surface area contributed by atoms with Crippen LogP contribution < -0.4 is 18.9 Å². The molecule has 0 aliphatic rings. The van der Waals surface area contributed by atoms with Crippen LogP contribution in [0, 0.1) is 30.3 Å². The van der Waals surface area contributed by atoms with Crippen molar-refractivity contribution in [1.29, 1.82) is 0 Å². The Balaban J connectivity index is 0.00000105. The Labute approximate surface area is 522 Å². The highest BCUT2D eigenvalue weighted by molar-refractivity contribution is 6.20. The van der Waals surface area contributed by atoms with Gasteiger partial charge in [-0.25, -0.2) is 14.4 Å². The van der Waals surface area contributed by atoms with Gasteiger partial charge < -0.3 is 77.3 Å². The van der Waals surface area contributed by atoms with E-state index in [2.05, 4.69) is 24.5 Å². The van der Waals surface area contributed by atoms with Gasteiger partial charge in [-0.1, -0.05) is 19.7 Å². The van der Waals surface area contributed by atoms with E-state index in [1.807, 2.05) is 0 Å². The van der Waals surface area contributed by atoms with Crippen molar-refractivity contribution in [3.05, 3.63) is 133 Å². The minimum absolute atomic E-state index is 0.000991. The molecule has 0 heterocycles. The number of carbonyl (C=O) groups is 6. The maximum Gasteiger partial charge on any atom is 0.330 e. The minimum atomic E-state index is -0.853. The molecule has 4 N–H and O–H groups in total. The number of ether oxygens (including phenoxy) is 12. The zero-order valence-corrected chi connectivity index (χ0v) is 51.0. The largest absolute Gasteiger partial charge is 0.493 e. The molecule has 0 fully saturated rings. The Hall–Kier alpha value is -8.85. The lowest BCUT2D eigenvalue weighted by Gasteiger charge is -2.19. The van der Waals surface area contributed by atoms with E-state index < -0.39 is 74.8 Å². The fourth-order valence-electron chi connectivity index (χ4n) is 7.18. The van der Waals surface area contributed by atoms with Gasteiger partial charge in [0.05, 0.1) is 128 Å². The number of methoxy groups -OCH3 is 1. The van der Waals surface area contributed by atoms with Crippen molar-refractivity contribution in [2.45, 2.75) is 90.1 Å². The average molecular weight is 1300 g/mol. The third kappa shape index (κ3) is 30.9. The molecule has 0 amide bonds. The number of nitrogens with zero attached hydrogens (tertiary/aromatic N) is 3. The minimum Gasteiger partial charge on any atom is -0.493 e. The smallest absolute Gasteiger partial charge is 0.330 e.